The van der Waals surface area contributed by atoms with E-state index in [0.29, 0.717) is 6.54 Å². The van der Waals surface area contributed by atoms with Crippen LogP contribution < -0.4 is 10.5 Å². The summed E-state index contributed by atoms with van der Waals surface area (Å²) in [6.07, 6.45) is 2.32. The van der Waals surface area contributed by atoms with Crippen molar-refractivity contribution in [3.8, 4) is 5.75 Å². The lowest BCUT2D eigenvalue weighted by atomic mass is 10.1. The molecular formula is C14H23NO. The van der Waals surface area contributed by atoms with Gasteiger partial charge in [0, 0.05) is 12.1 Å². The first kappa shape index (κ1) is 13.0. The van der Waals surface area contributed by atoms with E-state index < -0.39 is 0 Å². The lowest BCUT2D eigenvalue weighted by molar-refractivity contribution is 0.295. The molecule has 0 heterocycles. The molecule has 1 aromatic carbocycles. The number of rotatable bonds is 6. The molecule has 0 bridgehead atoms. The largest absolute Gasteiger partial charge is 0.493 e. The quantitative estimate of drug-likeness (QED) is 0.748. The Bertz CT molecular complexity index is 321. The van der Waals surface area contributed by atoms with Crippen LogP contribution in [-0.2, 0) is 6.54 Å². The van der Waals surface area contributed by atoms with Crippen molar-refractivity contribution in [2.75, 3.05) is 6.61 Å². The number of aryl methyl sites for hydroxylation is 1. The molecule has 0 fully saturated rings. The molecule has 0 unspecified atom stereocenters. The average molecular weight is 221 g/mol. The van der Waals surface area contributed by atoms with Gasteiger partial charge in [-0.25, -0.2) is 0 Å². The van der Waals surface area contributed by atoms with Crippen LogP contribution in [0.2, 0.25) is 0 Å². The van der Waals surface area contributed by atoms with E-state index in [4.69, 9.17) is 10.5 Å². The highest BCUT2D eigenvalue weighted by atomic mass is 16.5. The van der Waals surface area contributed by atoms with Crippen molar-refractivity contribution in [1.82, 2.24) is 0 Å². The highest BCUT2D eigenvalue weighted by molar-refractivity contribution is 5.36. The van der Waals surface area contributed by atoms with Gasteiger partial charge in [0.25, 0.3) is 0 Å². The molecule has 0 aliphatic rings. The highest BCUT2D eigenvalue weighted by Crippen LogP contribution is 2.20. The van der Waals surface area contributed by atoms with E-state index in [1.54, 1.807) is 0 Å². The number of hydrogen-bond acceptors (Lipinski definition) is 2. The zero-order valence-electron chi connectivity index (χ0n) is 10.6. The van der Waals surface area contributed by atoms with Gasteiger partial charge in [0.1, 0.15) is 5.75 Å². The fourth-order valence-corrected chi connectivity index (χ4v) is 1.64. The molecular weight excluding hydrogens is 198 g/mol. The molecule has 0 aliphatic heterocycles. The van der Waals surface area contributed by atoms with Crippen molar-refractivity contribution in [3.05, 3.63) is 29.3 Å². The van der Waals surface area contributed by atoms with Crippen LogP contribution in [0, 0.1) is 12.8 Å². The van der Waals surface area contributed by atoms with Crippen LogP contribution in [0.15, 0.2) is 18.2 Å². The van der Waals surface area contributed by atoms with E-state index >= 15 is 0 Å². The summed E-state index contributed by atoms with van der Waals surface area (Å²) in [5.41, 5.74) is 7.98. The van der Waals surface area contributed by atoms with Crippen LogP contribution >= 0.6 is 0 Å². The fourth-order valence-electron chi connectivity index (χ4n) is 1.64. The second-order valence-corrected chi connectivity index (χ2v) is 4.70. The Labute approximate surface area is 98.8 Å². The van der Waals surface area contributed by atoms with Crippen LogP contribution in [0.5, 0.6) is 5.75 Å². The van der Waals surface area contributed by atoms with Crippen LogP contribution in [-0.4, -0.2) is 6.61 Å². The fraction of sp³-hybridized carbons (Fsp3) is 0.571. The molecule has 0 spiro atoms. The number of hydrogen-bond donors (Lipinski definition) is 1. The number of nitrogens with two attached hydrogens (primary N) is 1. The maximum absolute atomic E-state index is 5.78. The van der Waals surface area contributed by atoms with E-state index in [1.165, 1.54) is 12.0 Å². The molecule has 2 N–H and O–H groups in total. The Kier molecular flexibility index (Phi) is 5.33. The summed E-state index contributed by atoms with van der Waals surface area (Å²) in [6.45, 7) is 7.87. The highest BCUT2D eigenvalue weighted by Gasteiger charge is 2.02. The third-order valence-corrected chi connectivity index (χ3v) is 2.63. The summed E-state index contributed by atoms with van der Waals surface area (Å²) in [5.74, 6) is 1.70. The first-order valence-corrected chi connectivity index (χ1v) is 6.06. The molecule has 2 nitrogen and oxygen atoms in total. The maximum Gasteiger partial charge on any atom is 0.124 e. The first-order valence-electron chi connectivity index (χ1n) is 6.06. The van der Waals surface area contributed by atoms with Crippen LogP contribution in [0.4, 0.5) is 0 Å². The van der Waals surface area contributed by atoms with Gasteiger partial charge < -0.3 is 10.5 Å². The van der Waals surface area contributed by atoms with Gasteiger partial charge in [-0.2, -0.15) is 0 Å². The monoisotopic (exact) mass is 221 g/mol. The molecule has 0 aliphatic carbocycles. The second-order valence-electron chi connectivity index (χ2n) is 4.70. The average Bonchev–Trinajstić information content (AvgIpc) is 2.24. The molecule has 0 saturated heterocycles. The standard InChI is InChI=1S/C14H23NO/c1-11(2)5-4-8-16-14-9-12(3)6-7-13(14)10-15/h6-7,9,11H,4-5,8,10,15H2,1-3H3. The zero-order chi connectivity index (χ0) is 12.0. The van der Waals surface area contributed by atoms with Gasteiger partial charge in [0.15, 0.2) is 0 Å². The first-order chi connectivity index (χ1) is 7.63. The predicted octanol–water partition coefficient (Wildman–Crippen LogP) is 3.27. The van der Waals surface area contributed by atoms with E-state index in [-0.39, 0.29) is 0 Å². The van der Waals surface area contributed by atoms with E-state index in [9.17, 15) is 0 Å². The van der Waals surface area contributed by atoms with Gasteiger partial charge >= 0.3 is 0 Å². The molecule has 90 valence electrons. The van der Waals surface area contributed by atoms with E-state index in [1.807, 2.05) is 6.07 Å². The Hall–Kier alpha value is -1.02. The number of benzene rings is 1. The lowest BCUT2D eigenvalue weighted by Gasteiger charge is -2.11. The summed E-state index contributed by atoms with van der Waals surface area (Å²) < 4.78 is 5.78. The molecule has 0 saturated carbocycles. The second kappa shape index (κ2) is 6.54. The van der Waals surface area contributed by atoms with Crippen molar-refractivity contribution >= 4 is 0 Å². The van der Waals surface area contributed by atoms with Crippen molar-refractivity contribution in [2.24, 2.45) is 11.7 Å². The summed E-state index contributed by atoms with van der Waals surface area (Å²) in [6, 6.07) is 6.19. The Morgan fingerprint density at radius 1 is 1.31 bits per heavy atom. The minimum Gasteiger partial charge on any atom is -0.493 e. The van der Waals surface area contributed by atoms with Gasteiger partial charge in [0.2, 0.25) is 0 Å². The lowest BCUT2D eigenvalue weighted by Crippen LogP contribution is -2.05. The number of ether oxygens (including phenoxy) is 1. The summed E-state index contributed by atoms with van der Waals surface area (Å²) in [7, 11) is 0. The smallest absolute Gasteiger partial charge is 0.124 e. The van der Waals surface area contributed by atoms with Gasteiger partial charge in [-0.15, -0.1) is 0 Å². The van der Waals surface area contributed by atoms with E-state index in [0.717, 1.165) is 30.3 Å². The normalized spacial score (nSPS) is 10.8. The SMILES string of the molecule is Cc1ccc(CN)c(OCCCC(C)C)c1. The Morgan fingerprint density at radius 3 is 2.69 bits per heavy atom. The zero-order valence-corrected chi connectivity index (χ0v) is 10.6. The van der Waals surface area contributed by atoms with Gasteiger partial charge in [-0.05, 0) is 37.3 Å². The van der Waals surface area contributed by atoms with Crippen molar-refractivity contribution in [1.29, 1.82) is 0 Å². The predicted molar refractivity (Wildman–Crippen MR) is 68.6 cm³/mol. The summed E-state index contributed by atoms with van der Waals surface area (Å²) in [4.78, 5) is 0. The molecule has 0 atom stereocenters. The third-order valence-electron chi connectivity index (χ3n) is 2.63. The molecule has 2 heteroatoms. The third kappa shape index (κ3) is 4.23. The molecule has 1 aromatic rings. The maximum atomic E-state index is 5.78. The molecule has 1 rings (SSSR count). The molecule has 0 radical (unpaired) electrons. The molecule has 0 amide bonds. The molecule has 0 aromatic heterocycles. The van der Waals surface area contributed by atoms with Gasteiger partial charge in [-0.1, -0.05) is 26.0 Å². The van der Waals surface area contributed by atoms with Crippen LogP contribution in [0.25, 0.3) is 0 Å². The van der Waals surface area contributed by atoms with Crippen molar-refractivity contribution < 1.29 is 4.74 Å². The van der Waals surface area contributed by atoms with Crippen molar-refractivity contribution in [3.63, 3.8) is 0 Å². The van der Waals surface area contributed by atoms with Gasteiger partial charge in [-0.3, -0.25) is 0 Å². The molecule has 16 heavy (non-hydrogen) atoms. The van der Waals surface area contributed by atoms with Crippen molar-refractivity contribution in [2.45, 2.75) is 40.2 Å². The Balaban J connectivity index is 2.48. The minimum atomic E-state index is 0.541. The Morgan fingerprint density at radius 2 is 2.06 bits per heavy atom. The van der Waals surface area contributed by atoms with E-state index in [2.05, 4.69) is 32.9 Å². The topological polar surface area (TPSA) is 35.2 Å². The van der Waals surface area contributed by atoms with Crippen LogP contribution in [0.1, 0.15) is 37.8 Å². The minimum absolute atomic E-state index is 0.541. The summed E-state index contributed by atoms with van der Waals surface area (Å²) in [5, 5.41) is 0. The van der Waals surface area contributed by atoms with Gasteiger partial charge in [0.05, 0.1) is 6.61 Å². The van der Waals surface area contributed by atoms with Crippen LogP contribution in [0.3, 0.4) is 0 Å². The summed E-state index contributed by atoms with van der Waals surface area (Å²) >= 11 is 0.